The lowest BCUT2D eigenvalue weighted by Crippen LogP contribution is -2.53. The number of carbonyl (C=O) groups is 1. The van der Waals surface area contributed by atoms with Crippen LogP contribution in [0, 0.1) is 18.6 Å². The van der Waals surface area contributed by atoms with Gasteiger partial charge in [-0.2, -0.15) is 5.10 Å². The van der Waals surface area contributed by atoms with Crippen molar-refractivity contribution in [2.75, 3.05) is 6.54 Å². The molecule has 1 saturated heterocycles. The summed E-state index contributed by atoms with van der Waals surface area (Å²) in [5.41, 5.74) is 1.48. The number of benzene rings is 2. The van der Waals surface area contributed by atoms with E-state index in [1.807, 2.05) is 6.07 Å². The van der Waals surface area contributed by atoms with Gasteiger partial charge in [-0.25, -0.2) is 17.2 Å². The maximum Gasteiger partial charge on any atom is 0.255 e. The molecule has 0 spiro atoms. The molecule has 1 aromatic heterocycles. The summed E-state index contributed by atoms with van der Waals surface area (Å²) in [6.45, 7) is 5.22. The van der Waals surface area contributed by atoms with Gasteiger partial charge in [0.15, 0.2) is 9.84 Å². The first-order chi connectivity index (χ1) is 16.6. The Morgan fingerprint density at radius 1 is 1.20 bits per heavy atom. The lowest BCUT2D eigenvalue weighted by molar-refractivity contribution is 0.0938. The number of carbonyl (C=O) groups excluding carboxylic acids is 1. The molecule has 1 amide bonds. The van der Waals surface area contributed by atoms with Crippen molar-refractivity contribution in [1.29, 1.82) is 0 Å². The first kappa shape index (κ1) is 25.0. The Labute approximate surface area is 203 Å². The second-order valence-electron chi connectivity index (χ2n) is 9.00. The van der Waals surface area contributed by atoms with E-state index in [-0.39, 0.29) is 24.1 Å². The molecular weight excluding hydrogens is 474 g/mol. The highest BCUT2D eigenvalue weighted by Crippen LogP contribution is 2.33. The van der Waals surface area contributed by atoms with Crippen molar-refractivity contribution >= 4 is 15.7 Å². The van der Waals surface area contributed by atoms with Crippen LogP contribution in [-0.4, -0.2) is 42.4 Å². The number of H-pyrrole nitrogens is 1. The van der Waals surface area contributed by atoms with Crippen molar-refractivity contribution in [3.05, 3.63) is 88.2 Å². The average Bonchev–Trinajstić information content (AvgIpc) is 3.24. The summed E-state index contributed by atoms with van der Waals surface area (Å²) < 4.78 is 57.0. The van der Waals surface area contributed by atoms with Gasteiger partial charge in [-0.3, -0.25) is 9.89 Å². The summed E-state index contributed by atoms with van der Waals surface area (Å²) in [5.74, 6) is -1.90. The molecule has 0 bridgehead atoms. The highest BCUT2D eigenvalue weighted by atomic mass is 32.2. The quantitative estimate of drug-likeness (QED) is 0.478. The number of aromatic nitrogens is 2. The second-order valence-corrected chi connectivity index (χ2v) is 11.3. The van der Waals surface area contributed by atoms with Gasteiger partial charge >= 0.3 is 0 Å². The minimum absolute atomic E-state index is 0.0219. The van der Waals surface area contributed by atoms with Crippen LogP contribution >= 0.6 is 0 Å². The first-order valence-corrected chi connectivity index (χ1v) is 13.0. The Hall–Kier alpha value is -3.11. The Bertz CT molecular complexity index is 1330. The van der Waals surface area contributed by atoms with Gasteiger partial charge in [-0.05, 0) is 50.5 Å². The largest absolute Gasteiger partial charge is 0.345 e. The molecular formula is C25H28F2N4O3S. The van der Waals surface area contributed by atoms with Crippen molar-refractivity contribution in [3.63, 3.8) is 0 Å². The Kier molecular flexibility index (Phi) is 7.05. The number of aryl methyl sites for hydroxylation is 1. The molecule has 2 aromatic carbocycles. The number of nitrogens with one attached hydrogen (secondary N) is 3. The van der Waals surface area contributed by atoms with Gasteiger partial charge in [-0.15, -0.1) is 0 Å². The minimum Gasteiger partial charge on any atom is -0.345 e. The van der Waals surface area contributed by atoms with Gasteiger partial charge in [0, 0.05) is 23.8 Å². The zero-order valence-corrected chi connectivity index (χ0v) is 20.5. The van der Waals surface area contributed by atoms with Crippen molar-refractivity contribution in [1.82, 2.24) is 20.8 Å². The molecule has 2 heterocycles. The summed E-state index contributed by atoms with van der Waals surface area (Å²) in [7, 11) is -3.68. The average molecular weight is 503 g/mol. The molecule has 1 fully saturated rings. The predicted molar refractivity (Wildman–Crippen MR) is 129 cm³/mol. The lowest BCUT2D eigenvalue weighted by Gasteiger charge is -2.35. The van der Waals surface area contributed by atoms with E-state index >= 15 is 8.78 Å². The third-order valence-electron chi connectivity index (χ3n) is 6.65. The highest BCUT2D eigenvalue weighted by molar-refractivity contribution is 7.92. The smallest absolute Gasteiger partial charge is 0.255 e. The third-order valence-corrected chi connectivity index (χ3v) is 9.30. The summed E-state index contributed by atoms with van der Waals surface area (Å²) in [4.78, 5) is 12.4. The third kappa shape index (κ3) is 4.99. The van der Waals surface area contributed by atoms with Crippen molar-refractivity contribution < 1.29 is 22.0 Å². The van der Waals surface area contributed by atoms with Gasteiger partial charge in [-0.1, -0.05) is 30.3 Å². The van der Waals surface area contributed by atoms with E-state index in [1.54, 1.807) is 45.0 Å². The van der Waals surface area contributed by atoms with Crippen LogP contribution in [0.15, 0.2) is 48.7 Å². The van der Waals surface area contributed by atoms with Crippen LogP contribution in [0.25, 0.3) is 0 Å². The molecule has 4 atom stereocenters. The molecule has 186 valence electrons. The van der Waals surface area contributed by atoms with Crippen molar-refractivity contribution in [2.45, 2.75) is 49.8 Å². The normalized spacial score (nSPS) is 22.5. The van der Waals surface area contributed by atoms with Gasteiger partial charge in [0.05, 0.1) is 28.3 Å². The fraction of sp³-hybridized carbons (Fsp3) is 0.360. The molecule has 0 saturated carbocycles. The van der Waals surface area contributed by atoms with E-state index < -0.39 is 50.0 Å². The number of hydrogen-bond donors (Lipinski definition) is 3. The molecule has 3 N–H and O–H groups in total. The molecule has 2 unspecified atom stereocenters. The van der Waals surface area contributed by atoms with Crippen molar-refractivity contribution in [2.24, 2.45) is 0 Å². The van der Waals surface area contributed by atoms with Crippen LogP contribution in [0.4, 0.5) is 8.78 Å². The maximum absolute atomic E-state index is 15.1. The van der Waals surface area contributed by atoms with E-state index in [0.717, 1.165) is 12.1 Å². The van der Waals surface area contributed by atoms with E-state index in [1.165, 1.54) is 6.20 Å². The van der Waals surface area contributed by atoms with Crippen LogP contribution in [0.3, 0.4) is 0 Å². The van der Waals surface area contributed by atoms with Gasteiger partial charge in [0.25, 0.3) is 5.91 Å². The van der Waals surface area contributed by atoms with Gasteiger partial charge in [0.2, 0.25) is 0 Å². The van der Waals surface area contributed by atoms with Crippen LogP contribution < -0.4 is 10.6 Å². The molecule has 10 heteroatoms. The number of nitrogens with zero attached hydrogens (tertiary/aromatic N) is 1. The molecule has 3 aromatic rings. The molecule has 1 aliphatic rings. The summed E-state index contributed by atoms with van der Waals surface area (Å²) in [6.07, 6.45) is 1.19. The number of halogens is 2. The molecule has 0 aliphatic carbocycles. The fourth-order valence-electron chi connectivity index (χ4n) is 4.54. The number of rotatable bonds is 6. The summed E-state index contributed by atoms with van der Waals surface area (Å²) >= 11 is 0. The monoisotopic (exact) mass is 502 g/mol. The molecule has 35 heavy (non-hydrogen) atoms. The zero-order valence-electron chi connectivity index (χ0n) is 19.7. The van der Waals surface area contributed by atoms with Crippen LogP contribution in [-0.2, 0) is 16.3 Å². The van der Waals surface area contributed by atoms with E-state index in [9.17, 15) is 13.2 Å². The fourth-order valence-corrected chi connectivity index (χ4v) is 6.91. The van der Waals surface area contributed by atoms with Gasteiger partial charge < -0.3 is 10.6 Å². The van der Waals surface area contributed by atoms with Crippen LogP contribution in [0.1, 0.15) is 57.9 Å². The van der Waals surface area contributed by atoms with E-state index in [0.29, 0.717) is 16.8 Å². The topological polar surface area (TPSA) is 104 Å². The number of aromatic amines is 1. The first-order valence-electron chi connectivity index (χ1n) is 11.4. The van der Waals surface area contributed by atoms with E-state index in [2.05, 4.69) is 20.8 Å². The Morgan fingerprint density at radius 2 is 1.91 bits per heavy atom. The Morgan fingerprint density at radius 3 is 2.57 bits per heavy atom. The molecule has 0 radical (unpaired) electrons. The number of sulfone groups is 1. The zero-order chi connectivity index (χ0) is 25.3. The maximum atomic E-state index is 15.1. The Balaban J connectivity index is 1.56. The number of hydrogen-bond acceptors (Lipinski definition) is 5. The summed E-state index contributed by atoms with van der Waals surface area (Å²) in [5, 5.41) is 10.6. The van der Waals surface area contributed by atoms with Crippen molar-refractivity contribution in [3.8, 4) is 0 Å². The van der Waals surface area contributed by atoms with Crippen LogP contribution in [0.2, 0.25) is 0 Å². The van der Waals surface area contributed by atoms with Gasteiger partial charge in [0.1, 0.15) is 11.6 Å². The molecule has 4 rings (SSSR count). The summed E-state index contributed by atoms with van der Waals surface area (Å²) in [6, 6.07) is 9.69. The standard InChI is InChI=1S/C25H28F2N4O3S/c1-14(30-25(32)20-12-29-31-15(20)2)19-11-21(26)18(9-22(19)27)10-23-16(3)28-13-24(35(23,33)34)17-7-5-4-6-8-17/h4-9,11-12,14,16,23-24,28H,10,13H2,1-3H3,(H,29,31)(H,30,32)/t14?,16-,23?,24-/m0/s1. The SMILES string of the molecule is Cc1[nH]ncc1C(=O)NC(C)c1cc(F)c(CC2[C@H](C)NC[C@@H](c3ccccc3)S2(=O)=O)cc1F. The number of amides is 1. The predicted octanol–water partition coefficient (Wildman–Crippen LogP) is 3.55. The minimum atomic E-state index is -3.68. The second kappa shape index (κ2) is 9.87. The molecule has 7 nitrogen and oxygen atoms in total. The highest BCUT2D eigenvalue weighted by Gasteiger charge is 2.42. The van der Waals surface area contributed by atoms with E-state index in [4.69, 9.17) is 0 Å². The molecule has 1 aliphatic heterocycles. The van der Waals surface area contributed by atoms with Crippen LogP contribution in [0.5, 0.6) is 0 Å². The lowest BCUT2D eigenvalue weighted by atomic mass is 9.99.